The minimum atomic E-state index is -2.26. The van der Waals surface area contributed by atoms with Crippen LogP contribution in [0.1, 0.15) is 45.4 Å². The molecule has 0 fully saturated rings. The van der Waals surface area contributed by atoms with Gasteiger partial charge in [0, 0.05) is 0 Å². The Balaban J connectivity index is 4.07. The SMILES string of the molecule is CC(F)C(F)CCC(F)C(F)C(N)C(F)CCCCCF. The molecule has 0 amide bonds. The molecule has 0 heterocycles. The molecule has 0 aromatic heterocycles. The number of rotatable bonds is 12. The first-order valence-electron chi connectivity index (χ1n) is 7.33. The average molecular weight is 321 g/mol. The van der Waals surface area contributed by atoms with E-state index < -0.39 is 56.4 Å². The van der Waals surface area contributed by atoms with Gasteiger partial charge in [-0.1, -0.05) is 12.8 Å². The molecule has 0 saturated heterocycles. The van der Waals surface area contributed by atoms with E-state index in [1.54, 1.807) is 0 Å². The largest absolute Gasteiger partial charge is 0.323 e. The summed E-state index contributed by atoms with van der Waals surface area (Å²) in [6, 6.07) is -1.65. The first kappa shape index (κ1) is 20.5. The van der Waals surface area contributed by atoms with Crippen molar-refractivity contribution < 1.29 is 26.3 Å². The van der Waals surface area contributed by atoms with E-state index in [0.717, 1.165) is 6.92 Å². The lowest BCUT2D eigenvalue weighted by atomic mass is 9.96. The fourth-order valence-electron chi connectivity index (χ4n) is 1.95. The van der Waals surface area contributed by atoms with Gasteiger partial charge in [-0.15, -0.1) is 0 Å². The summed E-state index contributed by atoms with van der Waals surface area (Å²) in [6.45, 7) is 0.490. The minimum Gasteiger partial charge on any atom is -0.323 e. The number of hydrogen-bond acceptors (Lipinski definition) is 1. The first-order valence-corrected chi connectivity index (χ1v) is 7.33. The van der Waals surface area contributed by atoms with Crippen molar-refractivity contribution in [3.05, 3.63) is 0 Å². The van der Waals surface area contributed by atoms with Crippen molar-refractivity contribution in [3.8, 4) is 0 Å². The molecule has 7 heteroatoms. The summed E-state index contributed by atoms with van der Waals surface area (Å²) < 4.78 is 78.1. The van der Waals surface area contributed by atoms with Crippen LogP contribution in [-0.4, -0.2) is 43.6 Å². The van der Waals surface area contributed by atoms with Crippen LogP contribution < -0.4 is 5.73 Å². The third kappa shape index (κ3) is 8.53. The summed E-state index contributed by atoms with van der Waals surface area (Å²) in [4.78, 5) is 0. The van der Waals surface area contributed by atoms with Crippen LogP contribution in [0.2, 0.25) is 0 Å². The highest BCUT2D eigenvalue weighted by Gasteiger charge is 2.33. The van der Waals surface area contributed by atoms with Crippen LogP contribution in [0.25, 0.3) is 0 Å². The van der Waals surface area contributed by atoms with Crippen molar-refractivity contribution in [1.82, 2.24) is 0 Å². The van der Waals surface area contributed by atoms with Crippen LogP contribution in [0.5, 0.6) is 0 Å². The molecule has 1 nitrogen and oxygen atoms in total. The molecule has 0 aliphatic rings. The maximum atomic E-state index is 13.7. The lowest BCUT2D eigenvalue weighted by molar-refractivity contribution is 0.0796. The van der Waals surface area contributed by atoms with Gasteiger partial charge in [-0.25, -0.2) is 22.0 Å². The standard InChI is InChI=1S/C14H25F6N/c1-9(16)10(17)6-7-11(18)13(20)14(21)12(19)5-3-2-4-8-15/h9-14H,2-8,21H2,1H3. The molecular formula is C14H25F6N. The van der Waals surface area contributed by atoms with Gasteiger partial charge < -0.3 is 5.73 Å². The molecule has 2 N–H and O–H groups in total. The Labute approximate surface area is 122 Å². The Bertz CT molecular complexity index is 254. The Hall–Kier alpha value is -0.460. The molecule has 0 spiro atoms. The lowest BCUT2D eigenvalue weighted by Gasteiger charge is -2.23. The number of nitrogens with two attached hydrogens (primary N) is 1. The normalized spacial score (nSPS) is 20.6. The van der Waals surface area contributed by atoms with E-state index in [2.05, 4.69) is 0 Å². The summed E-state index contributed by atoms with van der Waals surface area (Å²) in [5, 5.41) is 0. The van der Waals surface area contributed by atoms with E-state index >= 15 is 0 Å². The summed E-state index contributed by atoms with van der Waals surface area (Å²) >= 11 is 0. The molecule has 0 bridgehead atoms. The van der Waals surface area contributed by atoms with Crippen molar-refractivity contribution in [1.29, 1.82) is 0 Å². The van der Waals surface area contributed by atoms with Gasteiger partial charge in [0.05, 0.1) is 12.7 Å². The number of hydrogen-bond donors (Lipinski definition) is 1. The van der Waals surface area contributed by atoms with Crippen molar-refractivity contribution in [2.24, 2.45) is 5.73 Å². The molecule has 0 aliphatic carbocycles. The topological polar surface area (TPSA) is 26.0 Å². The van der Waals surface area contributed by atoms with Gasteiger partial charge in [0.15, 0.2) is 0 Å². The van der Waals surface area contributed by atoms with E-state index in [0.29, 0.717) is 19.3 Å². The van der Waals surface area contributed by atoms with E-state index in [1.807, 2.05) is 0 Å². The van der Waals surface area contributed by atoms with Crippen LogP contribution in [0, 0.1) is 0 Å². The summed E-state index contributed by atoms with van der Waals surface area (Å²) in [6.07, 6.45) is -9.73. The molecule has 0 aromatic carbocycles. The van der Waals surface area contributed by atoms with E-state index in [-0.39, 0.29) is 6.42 Å². The Morgan fingerprint density at radius 3 is 1.86 bits per heavy atom. The van der Waals surface area contributed by atoms with Gasteiger partial charge in [-0.05, 0) is 32.6 Å². The molecule has 0 rings (SSSR count). The van der Waals surface area contributed by atoms with Crippen LogP contribution in [0.4, 0.5) is 26.3 Å². The molecule has 6 unspecified atom stereocenters. The van der Waals surface area contributed by atoms with Gasteiger partial charge >= 0.3 is 0 Å². The van der Waals surface area contributed by atoms with Crippen molar-refractivity contribution in [2.45, 2.75) is 82.3 Å². The maximum Gasteiger partial charge on any atom is 0.149 e. The third-order valence-corrected chi connectivity index (χ3v) is 3.46. The van der Waals surface area contributed by atoms with E-state index in [9.17, 15) is 26.3 Å². The zero-order valence-electron chi connectivity index (χ0n) is 12.3. The molecular weight excluding hydrogens is 296 g/mol. The summed E-state index contributed by atoms with van der Waals surface area (Å²) in [5.74, 6) is 0. The summed E-state index contributed by atoms with van der Waals surface area (Å²) in [7, 11) is 0. The van der Waals surface area contributed by atoms with Crippen LogP contribution in [0.3, 0.4) is 0 Å². The molecule has 0 saturated carbocycles. The highest BCUT2D eigenvalue weighted by atomic mass is 19.2. The highest BCUT2D eigenvalue weighted by Crippen LogP contribution is 2.21. The smallest absolute Gasteiger partial charge is 0.149 e. The zero-order chi connectivity index (χ0) is 16.4. The first-order chi connectivity index (χ1) is 9.81. The van der Waals surface area contributed by atoms with Gasteiger partial charge in [-0.2, -0.15) is 0 Å². The quantitative estimate of drug-likeness (QED) is 0.420. The van der Waals surface area contributed by atoms with E-state index in [1.165, 1.54) is 0 Å². The Morgan fingerprint density at radius 1 is 0.762 bits per heavy atom. The number of alkyl halides is 6. The van der Waals surface area contributed by atoms with Gasteiger partial charge in [0.2, 0.25) is 0 Å². The maximum absolute atomic E-state index is 13.7. The van der Waals surface area contributed by atoms with E-state index in [4.69, 9.17) is 5.73 Å². The molecule has 21 heavy (non-hydrogen) atoms. The predicted octanol–water partition coefficient (Wildman–Crippen LogP) is 4.33. The molecule has 128 valence electrons. The van der Waals surface area contributed by atoms with Gasteiger partial charge in [-0.3, -0.25) is 4.39 Å². The third-order valence-electron chi connectivity index (χ3n) is 3.46. The van der Waals surface area contributed by atoms with Gasteiger partial charge in [0.1, 0.15) is 30.9 Å². The number of halogens is 6. The summed E-state index contributed by atoms with van der Waals surface area (Å²) in [5.41, 5.74) is 5.31. The molecule has 0 aromatic rings. The van der Waals surface area contributed by atoms with Crippen LogP contribution in [0.15, 0.2) is 0 Å². The highest BCUT2D eigenvalue weighted by molar-refractivity contribution is 4.86. The number of unbranched alkanes of at least 4 members (excludes halogenated alkanes) is 2. The molecule has 0 aliphatic heterocycles. The second kappa shape index (κ2) is 11.2. The minimum absolute atomic E-state index is 0.0679. The average Bonchev–Trinajstić information content (AvgIpc) is 2.46. The molecule has 6 atom stereocenters. The van der Waals surface area contributed by atoms with Crippen molar-refractivity contribution >= 4 is 0 Å². The second-order valence-corrected chi connectivity index (χ2v) is 5.36. The monoisotopic (exact) mass is 321 g/mol. The predicted molar refractivity (Wildman–Crippen MR) is 71.8 cm³/mol. The fourth-order valence-corrected chi connectivity index (χ4v) is 1.95. The van der Waals surface area contributed by atoms with Crippen LogP contribution in [-0.2, 0) is 0 Å². The molecule has 0 radical (unpaired) electrons. The Kier molecular flexibility index (Phi) is 10.9. The van der Waals surface area contributed by atoms with Crippen LogP contribution >= 0.6 is 0 Å². The van der Waals surface area contributed by atoms with Gasteiger partial charge in [0.25, 0.3) is 0 Å². The Morgan fingerprint density at radius 2 is 1.33 bits per heavy atom. The zero-order valence-corrected chi connectivity index (χ0v) is 12.3. The van der Waals surface area contributed by atoms with Crippen molar-refractivity contribution in [2.75, 3.05) is 6.67 Å². The van der Waals surface area contributed by atoms with Crippen molar-refractivity contribution in [3.63, 3.8) is 0 Å². The lowest BCUT2D eigenvalue weighted by Crippen LogP contribution is -2.45. The fraction of sp³-hybridized carbons (Fsp3) is 1.00. The second-order valence-electron chi connectivity index (χ2n) is 5.36.